The van der Waals surface area contributed by atoms with E-state index in [0.29, 0.717) is 0 Å². The Morgan fingerprint density at radius 2 is 2.33 bits per heavy atom. The summed E-state index contributed by atoms with van der Waals surface area (Å²) in [5.74, 6) is 0. The summed E-state index contributed by atoms with van der Waals surface area (Å²) >= 11 is 0. The van der Waals surface area contributed by atoms with Crippen molar-refractivity contribution < 1.29 is 0 Å². The van der Waals surface area contributed by atoms with Crippen LogP contribution in [0.1, 0.15) is 11.3 Å². The molecule has 2 aromatic heterocycles. The maximum atomic E-state index is 5.43. The Hall–Kier alpha value is -2.03. The third-order valence-corrected chi connectivity index (χ3v) is 2.55. The Morgan fingerprint density at radius 1 is 1.53 bits per heavy atom. The molecule has 2 heterocycles. The Morgan fingerprint density at radius 3 is 3.00 bits per heavy atom. The van der Waals surface area contributed by atoms with Crippen molar-refractivity contribution in [3.8, 4) is 0 Å². The van der Waals surface area contributed by atoms with Gasteiger partial charge < -0.3 is 10.3 Å². The third-order valence-electron chi connectivity index (χ3n) is 2.55. The number of hydrogen-bond donors (Lipinski definition) is 1. The standard InChI is InChI=1S/C12H13N3/c1-3-9-10-8-14-7-5-12(10)15(2)11(9)4-6-13/h3-8H,1,13H2,2H3/b6-4-. The molecule has 2 aromatic rings. The number of nitrogens with zero attached hydrogens (tertiary/aromatic N) is 2. The Kier molecular flexibility index (Phi) is 2.29. The smallest absolute Gasteiger partial charge is 0.0519 e. The van der Waals surface area contributed by atoms with Crippen molar-refractivity contribution in [1.29, 1.82) is 0 Å². The molecule has 3 nitrogen and oxygen atoms in total. The first kappa shape index (κ1) is 9.52. The van der Waals surface area contributed by atoms with Crippen LogP contribution < -0.4 is 5.73 Å². The first-order valence-electron chi connectivity index (χ1n) is 4.72. The molecule has 0 aliphatic carbocycles. The van der Waals surface area contributed by atoms with E-state index < -0.39 is 0 Å². The van der Waals surface area contributed by atoms with Gasteiger partial charge in [0.25, 0.3) is 0 Å². The highest BCUT2D eigenvalue weighted by Gasteiger charge is 2.09. The van der Waals surface area contributed by atoms with Crippen LogP contribution in [0.15, 0.2) is 31.2 Å². The van der Waals surface area contributed by atoms with E-state index in [9.17, 15) is 0 Å². The minimum Gasteiger partial charge on any atom is -0.405 e. The average Bonchev–Trinajstić information content (AvgIpc) is 2.54. The summed E-state index contributed by atoms with van der Waals surface area (Å²) in [6.45, 7) is 3.82. The second-order valence-electron chi connectivity index (χ2n) is 3.31. The number of aryl methyl sites for hydroxylation is 1. The summed E-state index contributed by atoms with van der Waals surface area (Å²) in [5.41, 5.74) is 8.69. The molecule has 0 unspecified atom stereocenters. The summed E-state index contributed by atoms with van der Waals surface area (Å²) < 4.78 is 2.08. The molecule has 0 spiro atoms. The van der Waals surface area contributed by atoms with Crippen LogP contribution in [0.25, 0.3) is 23.1 Å². The van der Waals surface area contributed by atoms with Gasteiger partial charge in [-0.15, -0.1) is 0 Å². The normalized spacial score (nSPS) is 11.3. The zero-order valence-electron chi connectivity index (χ0n) is 8.64. The van der Waals surface area contributed by atoms with Gasteiger partial charge in [-0.05, 0) is 18.3 Å². The van der Waals surface area contributed by atoms with E-state index in [1.54, 1.807) is 6.20 Å². The van der Waals surface area contributed by atoms with Gasteiger partial charge in [-0.2, -0.15) is 0 Å². The Balaban J connectivity index is 2.89. The van der Waals surface area contributed by atoms with Crippen LogP contribution in [0.4, 0.5) is 0 Å². The van der Waals surface area contributed by atoms with Crippen LogP contribution in [0.3, 0.4) is 0 Å². The van der Waals surface area contributed by atoms with Crippen LogP contribution in [0, 0.1) is 0 Å². The van der Waals surface area contributed by atoms with E-state index in [1.807, 2.05) is 31.5 Å². The van der Waals surface area contributed by atoms with Crippen LogP contribution in [-0.4, -0.2) is 9.55 Å². The van der Waals surface area contributed by atoms with E-state index in [2.05, 4.69) is 16.1 Å². The molecule has 0 atom stereocenters. The van der Waals surface area contributed by atoms with E-state index >= 15 is 0 Å². The highest BCUT2D eigenvalue weighted by atomic mass is 15.0. The van der Waals surface area contributed by atoms with Crippen molar-refractivity contribution in [3.05, 3.63) is 42.5 Å². The molecule has 15 heavy (non-hydrogen) atoms. The number of pyridine rings is 1. The lowest BCUT2D eigenvalue weighted by molar-refractivity contribution is 0.952. The predicted octanol–water partition coefficient (Wildman–Crippen LogP) is 2.15. The molecule has 0 aromatic carbocycles. The molecule has 0 amide bonds. The molecule has 2 N–H and O–H groups in total. The van der Waals surface area contributed by atoms with Crippen molar-refractivity contribution in [2.24, 2.45) is 12.8 Å². The first-order valence-corrected chi connectivity index (χ1v) is 4.72. The van der Waals surface area contributed by atoms with Crippen molar-refractivity contribution >= 4 is 23.1 Å². The third kappa shape index (κ3) is 1.32. The van der Waals surface area contributed by atoms with E-state index in [-0.39, 0.29) is 0 Å². The highest BCUT2D eigenvalue weighted by Crippen LogP contribution is 2.26. The predicted molar refractivity (Wildman–Crippen MR) is 64.0 cm³/mol. The van der Waals surface area contributed by atoms with Gasteiger partial charge in [0.15, 0.2) is 0 Å². The SMILES string of the molecule is C=Cc1c(/C=C\N)n(C)c2ccncc12. The fraction of sp³-hybridized carbons (Fsp3) is 0.0833. The van der Waals surface area contributed by atoms with Crippen LogP contribution in [0.2, 0.25) is 0 Å². The maximum Gasteiger partial charge on any atom is 0.0519 e. The number of aromatic nitrogens is 2. The number of hydrogen-bond acceptors (Lipinski definition) is 2. The Bertz CT molecular complexity index is 535. The molecule has 2 rings (SSSR count). The topological polar surface area (TPSA) is 43.8 Å². The van der Waals surface area contributed by atoms with Crippen LogP contribution in [0.5, 0.6) is 0 Å². The van der Waals surface area contributed by atoms with Gasteiger partial charge >= 0.3 is 0 Å². The van der Waals surface area contributed by atoms with Crippen molar-refractivity contribution in [2.45, 2.75) is 0 Å². The summed E-state index contributed by atoms with van der Waals surface area (Å²) in [6.07, 6.45) is 8.87. The van der Waals surface area contributed by atoms with Gasteiger partial charge in [-0.3, -0.25) is 4.98 Å². The molecule has 0 radical (unpaired) electrons. The lowest BCUT2D eigenvalue weighted by Gasteiger charge is -1.98. The van der Waals surface area contributed by atoms with Gasteiger partial charge in [0.1, 0.15) is 0 Å². The second-order valence-corrected chi connectivity index (χ2v) is 3.31. The minimum atomic E-state index is 1.05. The molecule has 0 aliphatic rings. The first-order chi connectivity index (χ1) is 7.29. The zero-order valence-corrected chi connectivity index (χ0v) is 8.64. The van der Waals surface area contributed by atoms with Crippen molar-refractivity contribution in [1.82, 2.24) is 9.55 Å². The lowest BCUT2D eigenvalue weighted by atomic mass is 10.1. The molecule has 0 saturated heterocycles. The monoisotopic (exact) mass is 199 g/mol. The maximum absolute atomic E-state index is 5.43. The molecule has 0 aliphatic heterocycles. The highest BCUT2D eigenvalue weighted by molar-refractivity contribution is 5.92. The fourth-order valence-corrected chi connectivity index (χ4v) is 1.84. The van der Waals surface area contributed by atoms with E-state index in [4.69, 9.17) is 5.73 Å². The van der Waals surface area contributed by atoms with Crippen LogP contribution >= 0.6 is 0 Å². The van der Waals surface area contributed by atoms with Crippen molar-refractivity contribution in [2.75, 3.05) is 0 Å². The largest absolute Gasteiger partial charge is 0.405 e. The number of nitrogens with two attached hydrogens (primary N) is 1. The Labute approximate surface area is 88.5 Å². The quantitative estimate of drug-likeness (QED) is 0.805. The van der Waals surface area contributed by atoms with Gasteiger partial charge in [0.2, 0.25) is 0 Å². The molecule has 76 valence electrons. The van der Waals surface area contributed by atoms with Gasteiger partial charge in [0.05, 0.1) is 11.2 Å². The van der Waals surface area contributed by atoms with E-state index in [1.165, 1.54) is 6.20 Å². The molecular formula is C12H13N3. The summed E-state index contributed by atoms with van der Waals surface area (Å²) in [7, 11) is 2.00. The van der Waals surface area contributed by atoms with Gasteiger partial charge in [0, 0.05) is 30.4 Å². The molecule has 3 heteroatoms. The molecule has 0 bridgehead atoms. The van der Waals surface area contributed by atoms with E-state index in [0.717, 1.165) is 22.2 Å². The van der Waals surface area contributed by atoms with Gasteiger partial charge in [-0.25, -0.2) is 0 Å². The number of rotatable bonds is 2. The summed E-state index contributed by atoms with van der Waals surface area (Å²) in [4.78, 5) is 4.12. The summed E-state index contributed by atoms with van der Waals surface area (Å²) in [6, 6.07) is 1.98. The average molecular weight is 199 g/mol. The molecule has 0 fully saturated rings. The number of fused-ring (bicyclic) bond motifs is 1. The van der Waals surface area contributed by atoms with Crippen molar-refractivity contribution in [3.63, 3.8) is 0 Å². The lowest BCUT2D eigenvalue weighted by Crippen LogP contribution is -1.92. The minimum absolute atomic E-state index is 1.05. The van der Waals surface area contributed by atoms with Crippen LogP contribution in [-0.2, 0) is 7.05 Å². The molecule has 0 saturated carbocycles. The molecular weight excluding hydrogens is 186 g/mol. The second kappa shape index (κ2) is 3.61. The fourth-order valence-electron chi connectivity index (χ4n) is 1.84. The summed E-state index contributed by atoms with van der Waals surface area (Å²) in [5, 5.41) is 1.10. The van der Waals surface area contributed by atoms with Gasteiger partial charge in [-0.1, -0.05) is 12.7 Å². The zero-order chi connectivity index (χ0) is 10.8.